The molecule has 128 valence electrons. The minimum absolute atomic E-state index is 0.407. The minimum Gasteiger partial charge on any atom is -0.422 e. The molecule has 4 aromatic rings. The van der Waals surface area contributed by atoms with E-state index in [0.717, 1.165) is 16.6 Å². The van der Waals surface area contributed by atoms with Crippen molar-refractivity contribution in [3.05, 3.63) is 82.0 Å². The minimum atomic E-state index is -0.407. The van der Waals surface area contributed by atoms with Gasteiger partial charge < -0.3 is 4.42 Å². The number of nitrogens with zero attached hydrogens (tertiary/aromatic N) is 2. The van der Waals surface area contributed by atoms with Crippen LogP contribution in [0.5, 0.6) is 0 Å². The molecule has 0 fully saturated rings. The molecule has 0 aliphatic carbocycles. The highest BCUT2D eigenvalue weighted by molar-refractivity contribution is 7.14. The molecule has 0 spiro atoms. The number of anilines is 1. The first-order valence-corrected chi connectivity index (χ1v) is 8.93. The van der Waals surface area contributed by atoms with Crippen LogP contribution in [0.4, 0.5) is 5.13 Å². The van der Waals surface area contributed by atoms with E-state index in [1.54, 1.807) is 19.1 Å². The molecule has 0 aliphatic heterocycles. The zero-order valence-electron chi connectivity index (χ0n) is 14.0. The number of nitrogens with one attached hydrogen (secondary N) is 1. The topological polar surface area (TPSA) is 67.5 Å². The van der Waals surface area contributed by atoms with Crippen molar-refractivity contribution < 1.29 is 4.42 Å². The van der Waals surface area contributed by atoms with Crippen molar-refractivity contribution in [2.24, 2.45) is 5.10 Å². The second-order valence-electron chi connectivity index (χ2n) is 5.70. The van der Waals surface area contributed by atoms with Crippen molar-refractivity contribution in [2.45, 2.75) is 6.92 Å². The molecule has 5 nitrogen and oxygen atoms in total. The Morgan fingerprint density at radius 2 is 1.88 bits per heavy atom. The summed E-state index contributed by atoms with van der Waals surface area (Å²) in [5.41, 5.74) is 5.98. The molecule has 6 heteroatoms. The third-order valence-electron chi connectivity index (χ3n) is 3.92. The molecule has 0 radical (unpaired) electrons. The third kappa shape index (κ3) is 3.27. The van der Waals surface area contributed by atoms with Gasteiger partial charge in [-0.15, -0.1) is 11.3 Å². The lowest BCUT2D eigenvalue weighted by molar-refractivity contribution is 0.559. The van der Waals surface area contributed by atoms with Crippen molar-refractivity contribution in [3.8, 4) is 11.3 Å². The van der Waals surface area contributed by atoms with Gasteiger partial charge in [0.1, 0.15) is 5.58 Å². The van der Waals surface area contributed by atoms with Crippen LogP contribution in [0.25, 0.3) is 22.2 Å². The lowest BCUT2D eigenvalue weighted by Crippen LogP contribution is -2.13. The first-order chi connectivity index (χ1) is 12.7. The predicted octanol–water partition coefficient (Wildman–Crippen LogP) is 4.75. The number of fused-ring (bicyclic) bond motifs is 1. The highest BCUT2D eigenvalue weighted by Gasteiger charge is 2.09. The number of hydrazone groups is 1. The van der Waals surface area contributed by atoms with Crippen LogP contribution in [0.2, 0.25) is 0 Å². The Morgan fingerprint density at radius 3 is 2.73 bits per heavy atom. The van der Waals surface area contributed by atoms with Gasteiger partial charge in [0.05, 0.1) is 17.0 Å². The monoisotopic (exact) mass is 361 g/mol. The second kappa shape index (κ2) is 6.93. The maximum Gasteiger partial charge on any atom is 0.345 e. The summed E-state index contributed by atoms with van der Waals surface area (Å²) in [6, 6.07) is 19.1. The molecule has 0 atom stereocenters. The molecule has 26 heavy (non-hydrogen) atoms. The van der Waals surface area contributed by atoms with Gasteiger partial charge in [-0.1, -0.05) is 48.5 Å². The van der Waals surface area contributed by atoms with Crippen LogP contribution >= 0.6 is 11.3 Å². The van der Waals surface area contributed by atoms with Crippen LogP contribution in [0.15, 0.2) is 80.4 Å². The third-order valence-corrected chi connectivity index (χ3v) is 4.67. The Labute approximate surface area is 153 Å². The van der Waals surface area contributed by atoms with Crippen LogP contribution in [-0.2, 0) is 0 Å². The molecular formula is C20H15N3O2S. The number of hydrogen-bond acceptors (Lipinski definition) is 6. The van der Waals surface area contributed by atoms with E-state index in [2.05, 4.69) is 15.5 Å². The van der Waals surface area contributed by atoms with Crippen LogP contribution in [0.1, 0.15) is 12.5 Å². The summed E-state index contributed by atoms with van der Waals surface area (Å²) in [6.45, 7) is 1.76. The van der Waals surface area contributed by atoms with E-state index in [9.17, 15) is 4.79 Å². The van der Waals surface area contributed by atoms with Gasteiger partial charge in [0.25, 0.3) is 0 Å². The summed E-state index contributed by atoms with van der Waals surface area (Å²) in [7, 11) is 0. The number of thiazole rings is 1. The Bertz CT molecular complexity index is 1150. The molecule has 0 saturated heterocycles. The lowest BCUT2D eigenvalue weighted by atomic mass is 10.1. The fourth-order valence-electron chi connectivity index (χ4n) is 2.57. The van der Waals surface area contributed by atoms with Gasteiger partial charge in [-0.2, -0.15) is 5.10 Å². The van der Waals surface area contributed by atoms with E-state index in [4.69, 9.17) is 4.42 Å². The van der Waals surface area contributed by atoms with E-state index >= 15 is 0 Å². The maximum atomic E-state index is 12.2. The number of rotatable bonds is 4. The summed E-state index contributed by atoms with van der Waals surface area (Å²) in [6.07, 6.45) is 0. The number of hydrogen-bond donors (Lipinski definition) is 1. The van der Waals surface area contributed by atoms with E-state index in [-0.39, 0.29) is 0 Å². The summed E-state index contributed by atoms with van der Waals surface area (Å²) < 4.78 is 5.35. The van der Waals surface area contributed by atoms with Gasteiger partial charge in [-0.05, 0) is 19.1 Å². The summed E-state index contributed by atoms with van der Waals surface area (Å²) >= 11 is 1.46. The van der Waals surface area contributed by atoms with E-state index in [0.29, 0.717) is 22.0 Å². The fourth-order valence-corrected chi connectivity index (χ4v) is 3.23. The van der Waals surface area contributed by atoms with Gasteiger partial charge in [0.2, 0.25) is 5.13 Å². The number of benzene rings is 2. The smallest absolute Gasteiger partial charge is 0.345 e. The molecule has 0 unspecified atom stereocenters. The van der Waals surface area contributed by atoms with Crippen molar-refractivity contribution in [2.75, 3.05) is 5.43 Å². The largest absolute Gasteiger partial charge is 0.422 e. The first kappa shape index (κ1) is 16.2. The Hall–Kier alpha value is -3.25. The summed E-state index contributed by atoms with van der Waals surface area (Å²) in [4.78, 5) is 16.7. The quantitative estimate of drug-likeness (QED) is 0.323. The van der Waals surface area contributed by atoms with Crippen molar-refractivity contribution >= 4 is 33.1 Å². The van der Waals surface area contributed by atoms with Gasteiger partial charge in [0.15, 0.2) is 0 Å². The molecule has 2 heterocycles. The molecular weight excluding hydrogens is 346 g/mol. The molecule has 1 N–H and O–H groups in total. The zero-order valence-corrected chi connectivity index (χ0v) is 14.8. The maximum absolute atomic E-state index is 12.2. The molecule has 0 saturated carbocycles. The van der Waals surface area contributed by atoms with Crippen LogP contribution in [0, 0.1) is 0 Å². The van der Waals surface area contributed by atoms with Crippen molar-refractivity contribution in [1.82, 2.24) is 4.98 Å². The molecule has 4 rings (SSSR count). The van der Waals surface area contributed by atoms with Crippen LogP contribution < -0.4 is 11.1 Å². The SMILES string of the molecule is C/C(=N/Nc1nc(-c2ccccc2)cs1)c1cc2ccccc2oc1=O. The van der Waals surface area contributed by atoms with Gasteiger partial charge >= 0.3 is 5.63 Å². The highest BCUT2D eigenvalue weighted by atomic mass is 32.1. The Kier molecular flexibility index (Phi) is 4.33. The van der Waals surface area contributed by atoms with Crippen molar-refractivity contribution in [3.63, 3.8) is 0 Å². The molecule has 2 aromatic heterocycles. The van der Waals surface area contributed by atoms with E-state index in [1.807, 2.05) is 53.9 Å². The number of aromatic nitrogens is 1. The zero-order chi connectivity index (χ0) is 17.9. The lowest BCUT2D eigenvalue weighted by Gasteiger charge is -2.02. The van der Waals surface area contributed by atoms with Gasteiger partial charge in [-0.25, -0.2) is 9.78 Å². The van der Waals surface area contributed by atoms with E-state index in [1.165, 1.54) is 11.3 Å². The van der Waals surface area contributed by atoms with E-state index < -0.39 is 5.63 Å². The summed E-state index contributed by atoms with van der Waals surface area (Å²) in [5.74, 6) is 0. The second-order valence-corrected chi connectivity index (χ2v) is 6.56. The van der Waals surface area contributed by atoms with Crippen LogP contribution in [0.3, 0.4) is 0 Å². The fraction of sp³-hybridized carbons (Fsp3) is 0.0500. The Morgan fingerprint density at radius 1 is 1.12 bits per heavy atom. The van der Waals surface area contributed by atoms with Crippen molar-refractivity contribution in [1.29, 1.82) is 0 Å². The molecule has 0 amide bonds. The normalized spacial score (nSPS) is 11.7. The molecule has 2 aromatic carbocycles. The number of para-hydroxylation sites is 1. The van der Waals surface area contributed by atoms with Gasteiger partial charge in [-0.3, -0.25) is 5.43 Å². The Balaban J connectivity index is 1.59. The first-order valence-electron chi connectivity index (χ1n) is 8.05. The predicted molar refractivity (Wildman–Crippen MR) is 106 cm³/mol. The average Bonchev–Trinajstić information content (AvgIpc) is 3.15. The van der Waals surface area contributed by atoms with Gasteiger partial charge in [0, 0.05) is 16.3 Å². The average molecular weight is 361 g/mol. The summed E-state index contributed by atoms with van der Waals surface area (Å²) in [5, 5.41) is 7.78. The molecule has 0 bridgehead atoms. The van der Waals surface area contributed by atoms with Crippen LogP contribution in [-0.4, -0.2) is 10.7 Å². The molecule has 0 aliphatic rings. The highest BCUT2D eigenvalue weighted by Crippen LogP contribution is 2.24. The standard InChI is InChI=1S/C20H15N3O2S/c1-13(16-11-15-9-5-6-10-18(15)25-19(16)24)22-23-20-21-17(12-26-20)14-7-3-2-4-8-14/h2-12H,1H3,(H,21,23)/b22-13-.